The van der Waals surface area contributed by atoms with Crippen molar-refractivity contribution in [3.05, 3.63) is 96.3 Å². The molecule has 0 aliphatic rings. The number of furan rings is 1. The number of rotatable bonds is 23. The number of carbonyl (C=O) groups is 1. The first kappa shape index (κ1) is 41.2. The summed E-state index contributed by atoms with van der Waals surface area (Å²) in [6.07, 6.45) is 14.6. The topological polar surface area (TPSA) is 122 Å². The van der Waals surface area contributed by atoms with E-state index in [0.717, 1.165) is 77.1 Å². The SMILES string of the molecule is CCCCCCCCOc1c(OCCCCCCCC)c(-c2ccc(N(c3ccccc3)c3ccccc3)s2)c2nsnc2c1-c1ccc(/C=C(/C#N)C(=O)O)o1. The van der Waals surface area contributed by atoms with Gasteiger partial charge in [-0.05, 0) is 61.4 Å². The summed E-state index contributed by atoms with van der Waals surface area (Å²) in [5.41, 5.74) is 4.32. The standard InChI is InChI=1S/C46H50N4O5S2/c1-3-5-7-9-11-19-29-53-44-40(37-26-25-36(55-37)31-33(32-47)46(51)52)42-43(49-57-48-42)41(45(44)54-30-20-12-10-8-6-4-2)38-27-28-39(56-38)50(34-21-15-13-16-22-34)35-23-17-14-18-24-35/h13-18,21-28,31H,3-12,19-20,29-30H2,1-2H3,(H,51,52)/b33-31-. The predicted molar refractivity (Wildman–Crippen MR) is 232 cm³/mol. The van der Waals surface area contributed by atoms with Crippen LogP contribution in [0.2, 0.25) is 0 Å². The molecule has 57 heavy (non-hydrogen) atoms. The highest BCUT2D eigenvalue weighted by molar-refractivity contribution is 7.19. The summed E-state index contributed by atoms with van der Waals surface area (Å²) < 4.78 is 29.6. The molecule has 0 amide bonds. The molecule has 296 valence electrons. The minimum absolute atomic E-state index is 0.227. The van der Waals surface area contributed by atoms with Gasteiger partial charge in [-0.25, -0.2) is 4.79 Å². The number of anilines is 3. The minimum atomic E-state index is -1.33. The molecule has 11 heteroatoms. The third-order valence-electron chi connectivity index (χ3n) is 9.71. The van der Waals surface area contributed by atoms with Crippen molar-refractivity contribution in [2.45, 2.75) is 90.9 Å². The Labute approximate surface area is 343 Å². The molecular formula is C46H50N4O5S2. The van der Waals surface area contributed by atoms with Gasteiger partial charge in [0.1, 0.15) is 39.2 Å². The maximum atomic E-state index is 11.7. The number of nitriles is 1. The maximum Gasteiger partial charge on any atom is 0.346 e. The zero-order chi connectivity index (χ0) is 39.8. The van der Waals surface area contributed by atoms with Crippen LogP contribution in [-0.4, -0.2) is 33.0 Å². The molecule has 0 radical (unpaired) electrons. The molecule has 0 aliphatic carbocycles. The van der Waals surface area contributed by atoms with Gasteiger partial charge >= 0.3 is 5.97 Å². The highest BCUT2D eigenvalue weighted by atomic mass is 32.1. The lowest BCUT2D eigenvalue weighted by molar-refractivity contribution is -0.132. The summed E-state index contributed by atoms with van der Waals surface area (Å²) in [5, 5.41) is 20.0. The normalized spacial score (nSPS) is 11.5. The van der Waals surface area contributed by atoms with E-state index < -0.39 is 11.5 Å². The molecule has 3 heterocycles. The number of aliphatic carboxylic acids is 1. The number of ether oxygens (including phenoxy) is 2. The van der Waals surface area contributed by atoms with E-state index in [1.807, 2.05) is 36.4 Å². The van der Waals surface area contributed by atoms with Gasteiger partial charge in [0.15, 0.2) is 11.5 Å². The number of carboxylic acids is 1. The second kappa shape index (κ2) is 21.2. The fourth-order valence-electron chi connectivity index (χ4n) is 6.79. The quantitative estimate of drug-likeness (QED) is 0.0383. The number of fused-ring (bicyclic) bond motifs is 1. The Hall–Kier alpha value is -5.44. The van der Waals surface area contributed by atoms with Crippen LogP contribution in [0.15, 0.2) is 94.9 Å². The number of hydrogen-bond donors (Lipinski definition) is 1. The molecule has 0 saturated heterocycles. The minimum Gasteiger partial charge on any atom is -0.489 e. The van der Waals surface area contributed by atoms with Gasteiger partial charge in [-0.15, -0.1) is 11.3 Å². The van der Waals surface area contributed by atoms with Crippen molar-refractivity contribution in [2.24, 2.45) is 0 Å². The van der Waals surface area contributed by atoms with Crippen molar-refractivity contribution in [2.75, 3.05) is 18.1 Å². The number of aromatic nitrogens is 2. The van der Waals surface area contributed by atoms with E-state index in [-0.39, 0.29) is 5.76 Å². The lowest BCUT2D eigenvalue weighted by Crippen LogP contribution is -2.07. The van der Waals surface area contributed by atoms with Crippen molar-refractivity contribution in [3.63, 3.8) is 0 Å². The van der Waals surface area contributed by atoms with Crippen molar-refractivity contribution in [1.29, 1.82) is 5.26 Å². The Balaban J connectivity index is 1.48. The fraction of sp³-hybridized carbons (Fsp3) is 0.348. The Bertz CT molecular complexity index is 2220. The van der Waals surface area contributed by atoms with E-state index in [9.17, 15) is 15.2 Å². The van der Waals surface area contributed by atoms with Crippen molar-refractivity contribution < 1.29 is 23.8 Å². The highest BCUT2D eigenvalue weighted by Gasteiger charge is 2.30. The van der Waals surface area contributed by atoms with E-state index in [2.05, 4.69) is 55.1 Å². The van der Waals surface area contributed by atoms with Crippen LogP contribution in [0.1, 0.15) is 96.7 Å². The van der Waals surface area contributed by atoms with Gasteiger partial charge in [0.25, 0.3) is 0 Å². The second-order valence-electron chi connectivity index (χ2n) is 13.9. The highest BCUT2D eigenvalue weighted by Crippen LogP contribution is 2.53. The van der Waals surface area contributed by atoms with Crippen LogP contribution in [0.5, 0.6) is 11.5 Å². The molecular weight excluding hydrogens is 753 g/mol. The van der Waals surface area contributed by atoms with Crippen LogP contribution in [0.25, 0.3) is 38.9 Å². The number of unbranched alkanes of at least 4 members (excludes halogenated alkanes) is 10. The van der Waals surface area contributed by atoms with Gasteiger partial charge < -0.3 is 23.9 Å². The van der Waals surface area contributed by atoms with Gasteiger partial charge in [-0.1, -0.05) is 114 Å². The van der Waals surface area contributed by atoms with Crippen LogP contribution in [0.3, 0.4) is 0 Å². The maximum absolute atomic E-state index is 11.7. The van der Waals surface area contributed by atoms with Crippen molar-refractivity contribution in [3.8, 4) is 39.3 Å². The van der Waals surface area contributed by atoms with Crippen LogP contribution in [-0.2, 0) is 4.79 Å². The molecule has 0 spiro atoms. The lowest BCUT2D eigenvalue weighted by atomic mass is 10.0. The monoisotopic (exact) mass is 802 g/mol. The molecule has 6 rings (SSSR count). The van der Waals surface area contributed by atoms with E-state index in [4.69, 9.17) is 22.6 Å². The molecule has 3 aromatic heterocycles. The van der Waals surface area contributed by atoms with Gasteiger partial charge in [0, 0.05) is 22.3 Å². The number of para-hydroxylation sites is 2. The summed E-state index contributed by atoms with van der Waals surface area (Å²) in [7, 11) is 0. The third-order valence-corrected chi connectivity index (χ3v) is 11.3. The first-order valence-electron chi connectivity index (χ1n) is 20.1. The Morgan fingerprint density at radius 2 is 1.28 bits per heavy atom. The third kappa shape index (κ3) is 10.5. The molecule has 0 unspecified atom stereocenters. The average molecular weight is 803 g/mol. The van der Waals surface area contributed by atoms with E-state index >= 15 is 0 Å². The Morgan fingerprint density at radius 1 is 0.737 bits per heavy atom. The molecule has 6 aromatic rings. The molecule has 0 fully saturated rings. The molecule has 0 bridgehead atoms. The van der Waals surface area contributed by atoms with Crippen LogP contribution in [0.4, 0.5) is 16.4 Å². The summed E-state index contributed by atoms with van der Waals surface area (Å²) in [5.74, 6) is 0.423. The first-order valence-corrected chi connectivity index (χ1v) is 21.6. The lowest BCUT2D eigenvalue weighted by Gasteiger charge is -2.23. The summed E-state index contributed by atoms with van der Waals surface area (Å²) in [4.78, 5) is 14.9. The zero-order valence-corrected chi connectivity index (χ0v) is 34.4. The first-order chi connectivity index (χ1) is 28.0. The largest absolute Gasteiger partial charge is 0.489 e. The van der Waals surface area contributed by atoms with Crippen molar-refractivity contribution in [1.82, 2.24) is 8.75 Å². The molecule has 0 saturated carbocycles. The molecule has 3 aromatic carbocycles. The number of nitrogens with zero attached hydrogens (tertiary/aromatic N) is 4. The van der Waals surface area contributed by atoms with E-state index in [1.54, 1.807) is 29.5 Å². The number of thiophene rings is 1. The summed E-state index contributed by atoms with van der Waals surface area (Å²) in [6.45, 7) is 5.39. The smallest absolute Gasteiger partial charge is 0.346 e. The number of benzene rings is 3. The summed E-state index contributed by atoms with van der Waals surface area (Å²) >= 11 is 2.75. The van der Waals surface area contributed by atoms with Gasteiger partial charge in [0.05, 0.1) is 36.1 Å². The van der Waals surface area contributed by atoms with Gasteiger partial charge in [-0.2, -0.15) is 14.0 Å². The van der Waals surface area contributed by atoms with E-state index in [1.165, 1.54) is 44.6 Å². The van der Waals surface area contributed by atoms with Crippen LogP contribution < -0.4 is 14.4 Å². The van der Waals surface area contributed by atoms with E-state index in [0.29, 0.717) is 47.1 Å². The van der Waals surface area contributed by atoms with Crippen LogP contribution in [0, 0.1) is 11.3 Å². The molecule has 1 N–H and O–H groups in total. The van der Waals surface area contributed by atoms with Crippen LogP contribution >= 0.6 is 23.1 Å². The van der Waals surface area contributed by atoms with Crippen molar-refractivity contribution >= 4 is 62.5 Å². The fourth-order valence-corrected chi connectivity index (χ4v) is 8.44. The zero-order valence-electron chi connectivity index (χ0n) is 32.7. The number of carboxylic acid groups (broad SMARTS) is 1. The average Bonchev–Trinajstić information content (AvgIpc) is 4.02. The second-order valence-corrected chi connectivity index (χ2v) is 15.5. The summed E-state index contributed by atoms with van der Waals surface area (Å²) in [6, 6.07) is 30.0. The number of hydrogen-bond acceptors (Lipinski definition) is 10. The molecule has 0 aliphatic heterocycles. The predicted octanol–water partition coefficient (Wildman–Crippen LogP) is 13.6. The Kier molecular flexibility index (Phi) is 15.3. The van der Waals surface area contributed by atoms with Gasteiger partial charge in [0.2, 0.25) is 0 Å². The Morgan fingerprint density at radius 3 is 1.84 bits per heavy atom. The van der Waals surface area contributed by atoms with Gasteiger partial charge in [-0.3, -0.25) is 0 Å². The molecule has 0 atom stereocenters. The molecule has 9 nitrogen and oxygen atoms in total.